The van der Waals surface area contributed by atoms with Crippen molar-refractivity contribution in [1.82, 2.24) is 4.90 Å². The van der Waals surface area contributed by atoms with Crippen LogP contribution in [-0.2, 0) is 23.9 Å². The second kappa shape index (κ2) is 9.87. The van der Waals surface area contributed by atoms with Gasteiger partial charge in [0.25, 0.3) is 5.91 Å². The molecule has 0 saturated carbocycles. The number of fused-ring (bicyclic) bond motifs is 2. The molecule has 2 aromatic rings. The number of likely N-dealkylation sites (tertiary alicyclic amines) is 1. The van der Waals surface area contributed by atoms with Crippen LogP contribution >= 0.6 is 11.6 Å². The van der Waals surface area contributed by atoms with Gasteiger partial charge in [0.2, 0.25) is 5.91 Å². The van der Waals surface area contributed by atoms with E-state index < -0.39 is 59.5 Å². The minimum absolute atomic E-state index is 0.191. The molecule has 9 heteroatoms. The van der Waals surface area contributed by atoms with Crippen molar-refractivity contribution >= 4 is 35.1 Å². The van der Waals surface area contributed by atoms with Crippen LogP contribution in [-0.4, -0.2) is 64.8 Å². The lowest BCUT2D eigenvalue weighted by atomic mass is 9.74. The van der Waals surface area contributed by atoms with Gasteiger partial charge in [-0.1, -0.05) is 78.4 Å². The third kappa shape index (κ3) is 3.84. The molecule has 4 aliphatic rings. The van der Waals surface area contributed by atoms with Crippen LogP contribution in [0.15, 0.2) is 72.8 Å². The highest BCUT2D eigenvalue weighted by molar-refractivity contribution is 6.34. The van der Waals surface area contributed by atoms with E-state index in [1.54, 1.807) is 42.2 Å². The highest BCUT2D eigenvalue weighted by Crippen LogP contribution is 2.58. The third-order valence-electron chi connectivity index (χ3n) is 8.61. The smallest absolute Gasteiger partial charge is 0.313 e. The SMILES string of the molecule is Cc1cccc(Cl)c1N1CC=C[C@]23O[C@@]4(C)C=CCCOC(=O)[C@H]4[C@H]2C(=O)N([C@H](CO)c2ccccc2)C3C1=O. The van der Waals surface area contributed by atoms with Crippen LogP contribution in [0.1, 0.15) is 30.5 Å². The Labute approximate surface area is 237 Å². The number of cyclic esters (lactones) is 1. The zero-order chi connectivity index (χ0) is 28.2. The summed E-state index contributed by atoms with van der Waals surface area (Å²) in [7, 11) is 0. The summed E-state index contributed by atoms with van der Waals surface area (Å²) in [5.41, 5.74) is -0.650. The summed E-state index contributed by atoms with van der Waals surface area (Å²) in [6.45, 7) is 3.60. The Kier molecular flexibility index (Phi) is 6.60. The van der Waals surface area contributed by atoms with Crippen molar-refractivity contribution in [1.29, 1.82) is 0 Å². The second-order valence-electron chi connectivity index (χ2n) is 11.0. The molecular weight excluding hydrogens is 532 g/mol. The molecule has 1 spiro atoms. The second-order valence-corrected chi connectivity index (χ2v) is 11.4. The van der Waals surface area contributed by atoms with Gasteiger partial charge in [-0.05, 0) is 37.5 Å². The molecule has 208 valence electrons. The summed E-state index contributed by atoms with van der Waals surface area (Å²) in [5, 5.41) is 11.1. The van der Waals surface area contributed by atoms with Crippen LogP contribution in [0.2, 0.25) is 5.02 Å². The van der Waals surface area contributed by atoms with Crippen LogP contribution < -0.4 is 4.90 Å². The largest absolute Gasteiger partial charge is 0.465 e. The lowest BCUT2D eigenvalue weighted by Gasteiger charge is -2.40. The van der Waals surface area contributed by atoms with E-state index >= 15 is 0 Å². The summed E-state index contributed by atoms with van der Waals surface area (Å²) in [4.78, 5) is 45.8. The average molecular weight is 563 g/mol. The van der Waals surface area contributed by atoms with Crippen LogP contribution in [0, 0.1) is 18.8 Å². The number of amides is 2. The fraction of sp³-hybridized carbons (Fsp3) is 0.387. The molecule has 8 nitrogen and oxygen atoms in total. The van der Waals surface area contributed by atoms with Crippen LogP contribution in [0.4, 0.5) is 5.69 Å². The van der Waals surface area contributed by atoms with Gasteiger partial charge in [-0.25, -0.2) is 0 Å². The van der Waals surface area contributed by atoms with Crippen molar-refractivity contribution in [2.24, 2.45) is 11.8 Å². The number of hydrogen-bond acceptors (Lipinski definition) is 6. The quantitative estimate of drug-likeness (QED) is 0.450. The molecule has 4 heterocycles. The zero-order valence-electron chi connectivity index (χ0n) is 22.3. The summed E-state index contributed by atoms with van der Waals surface area (Å²) in [6, 6.07) is 12.5. The molecule has 2 fully saturated rings. The van der Waals surface area contributed by atoms with Gasteiger partial charge in [-0.2, -0.15) is 0 Å². The van der Waals surface area contributed by atoms with Crippen molar-refractivity contribution in [3.8, 4) is 0 Å². The lowest BCUT2D eigenvalue weighted by Crippen LogP contribution is -2.57. The highest BCUT2D eigenvalue weighted by atomic mass is 35.5. The molecule has 1 unspecified atom stereocenters. The zero-order valence-corrected chi connectivity index (χ0v) is 23.1. The van der Waals surface area contributed by atoms with Gasteiger partial charge in [0.15, 0.2) is 0 Å². The molecule has 2 saturated heterocycles. The van der Waals surface area contributed by atoms with E-state index in [2.05, 4.69) is 0 Å². The molecule has 6 rings (SSSR count). The molecule has 2 amide bonds. The molecule has 0 bridgehead atoms. The number of halogens is 1. The number of carbonyl (C=O) groups is 3. The first kappa shape index (κ1) is 26.7. The van der Waals surface area contributed by atoms with Gasteiger partial charge < -0.3 is 24.4 Å². The van der Waals surface area contributed by atoms with Gasteiger partial charge in [0.1, 0.15) is 17.6 Å². The molecule has 6 atom stereocenters. The van der Waals surface area contributed by atoms with Gasteiger partial charge in [-0.3, -0.25) is 14.4 Å². The number of carbonyl (C=O) groups excluding carboxylic acids is 3. The molecule has 0 radical (unpaired) electrons. The Morgan fingerprint density at radius 3 is 2.52 bits per heavy atom. The summed E-state index contributed by atoms with van der Waals surface area (Å²) < 4.78 is 12.4. The van der Waals surface area contributed by atoms with Crippen LogP contribution in [0.5, 0.6) is 0 Å². The van der Waals surface area contributed by atoms with E-state index in [4.69, 9.17) is 21.1 Å². The number of ether oxygens (including phenoxy) is 2. The Hall–Kier alpha value is -3.46. The summed E-state index contributed by atoms with van der Waals surface area (Å²) in [6.07, 6.45) is 7.79. The maximum Gasteiger partial charge on any atom is 0.313 e. The number of nitrogens with zero attached hydrogens (tertiary/aromatic N) is 2. The molecule has 0 aromatic heterocycles. The number of esters is 1. The maximum absolute atomic E-state index is 14.7. The molecule has 0 aliphatic carbocycles. The first-order valence-electron chi connectivity index (χ1n) is 13.5. The number of aliphatic hydroxyl groups is 1. The Morgan fingerprint density at radius 2 is 1.80 bits per heavy atom. The average Bonchev–Trinajstić information content (AvgIpc) is 3.25. The molecule has 4 aliphatic heterocycles. The van der Waals surface area contributed by atoms with Gasteiger partial charge in [-0.15, -0.1) is 0 Å². The van der Waals surface area contributed by atoms with Gasteiger partial charge in [0.05, 0.1) is 41.5 Å². The van der Waals surface area contributed by atoms with E-state index in [0.29, 0.717) is 22.7 Å². The first-order valence-corrected chi connectivity index (χ1v) is 13.9. The van der Waals surface area contributed by atoms with Crippen LogP contribution in [0.3, 0.4) is 0 Å². The number of aryl methyl sites for hydroxylation is 1. The monoisotopic (exact) mass is 562 g/mol. The van der Waals surface area contributed by atoms with E-state index in [9.17, 15) is 19.5 Å². The van der Waals surface area contributed by atoms with Crippen LogP contribution in [0.25, 0.3) is 0 Å². The standard InChI is InChI=1S/C31H31ClN2O6/c1-19-10-8-13-21(32)25(19)33-16-9-15-31-23(24-29(38)39-17-7-6-14-30(24,2)40-31)27(36)34(26(31)28(33)37)22(18-35)20-11-4-3-5-12-20/h3-6,8-15,22-24,26,35H,7,16-18H2,1-2H3/t22-,23+,24-,26?,30+,31+/m1/s1. The Bertz CT molecular complexity index is 1410. The van der Waals surface area contributed by atoms with E-state index in [-0.39, 0.29) is 13.2 Å². The molecule has 40 heavy (non-hydrogen) atoms. The highest BCUT2D eigenvalue weighted by Gasteiger charge is 2.75. The summed E-state index contributed by atoms with van der Waals surface area (Å²) in [5.74, 6) is -3.40. The normalized spacial score (nSPS) is 32.1. The number of rotatable bonds is 4. The predicted octanol–water partition coefficient (Wildman–Crippen LogP) is 3.76. The predicted molar refractivity (Wildman–Crippen MR) is 149 cm³/mol. The Morgan fingerprint density at radius 1 is 1.02 bits per heavy atom. The van der Waals surface area contributed by atoms with Gasteiger partial charge in [0, 0.05) is 6.54 Å². The van der Waals surface area contributed by atoms with E-state index in [1.165, 1.54) is 4.90 Å². The van der Waals surface area contributed by atoms with Crippen molar-refractivity contribution in [2.45, 2.75) is 43.6 Å². The van der Waals surface area contributed by atoms with Crippen molar-refractivity contribution in [3.63, 3.8) is 0 Å². The first-order chi connectivity index (χ1) is 19.2. The minimum Gasteiger partial charge on any atom is -0.465 e. The number of benzene rings is 2. The number of anilines is 1. The van der Waals surface area contributed by atoms with E-state index in [1.807, 2.05) is 49.4 Å². The minimum atomic E-state index is -1.48. The fourth-order valence-electron chi connectivity index (χ4n) is 6.96. The maximum atomic E-state index is 14.7. The topological polar surface area (TPSA) is 96.4 Å². The lowest BCUT2D eigenvalue weighted by molar-refractivity contribution is -0.160. The fourth-order valence-corrected chi connectivity index (χ4v) is 7.28. The number of para-hydroxylation sites is 1. The third-order valence-corrected chi connectivity index (χ3v) is 8.91. The Balaban J connectivity index is 1.56. The van der Waals surface area contributed by atoms with Crippen molar-refractivity contribution < 1.29 is 29.0 Å². The van der Waals surface area contributed by atoms with Crippen molar-refractivity contribution in [2.75, 3.05) is 24.7 Å². The number of aliphatic hydroxyl groups excluding tert-OH is 1. The molecule has 2 aromatic carbocycles. The van der Waals surface area contributed by atoms with Crippen molar-refractivity contribution in [3.05, 3.63) is 89.0 Å². The molecule has 1 N–H and O–H groups in total. The van der Waals surface area contributed by atoms with E-state index in [0.717, 1.165) is 5.56 Å². The molecular formula is C31H31ClN2O6. The number of hydrogen-bond donors (Lipinski definition) is 1. The van der Waals surface area contributed by atoms with Gasteiger partial charge >= 0.3 is 5.97 Å². The summed E-state index contributed by atoms with van der Waals surface area (Å²) >= 11 is 6.62.